The summed E-state index contributed by atoms with van der Waals surface area (Å²) in [5.74, 6) is -3.39. The first-order valence-electron chi connectivity index (χ1n) is 9.35. The SMILES string of the molecule is CCOC(=O)c1c(NC(=O)COC(=O)c2ccc(NC)c([N+](=O)[O-])c2)oc(C)c1C(C)=O. The van der Waals surface area contributed by atoms with Crippen molar-refractivity contribution in [2.24, 2.45) is 0 Å². The van der Waals surface area contributed by atoms with Crippen molar-refractivity contribution in [2.75, 3.05) is 30.9 Å². The van der Waals surface area contributed by atoms with Crippen LogP contribution in [0.25, 0.3) is 0 Å². The number of nitro groups is 1. The molecule has 1 heterocycles. The predicted molar refractivity (Wildman–Crippen MR) is 111 cm³/mol. The van der Waals surface area contributed by atoms with Gasteiger partial charge in [-0.3, -0.25) is 25.0 Å². The molecule has 0 radical (unpaired) electrons. The van der Waals surface area contributed by atoms with E-state index in [1.807, 2.05) is 0 Å². The van der Waals surface area contributed by atoms with E-state index in [0.29, 0.717) is 0 Å². The average Bonchev–Trinajstić information content (AvgIpc) is 3.07. The number of aryl methyl sites for hydroxylation is 1. The van der Waals surface area contributed by atoms with Crippen molar-refractivity contribution in [2.45, 2.75) is 20.8 Å². The van der Waals surface area contributed by atoms with Crippen LogP contribution >= 0.6 is 0 Å². The monoisotopic (exact) mass is 447 g/mol. The fourth-order valence-electron chi connectivity index (χ4n) is 2.85. The smallest absolute Gasteiger partial charge is 0.344 e. The topological polar surface area (TPSA) is 167 Å². The van der Waals surface area contributed by atoms with Gasteiger partial charge in [0.25, 0.3) is 11.6 Å². The Labute approximate surface area is 182 Å². The number of rotatable bonds is 9. The summed E-state index contributed by atoms with van der Waals surface area (Å²) < 4.78 is 15.1. The largest absolute Gasteiger partial charge is 0.462 e. The number of carbonyl (C=O) groups is 4. The van der Waals surface area contributed by atoms with Crippen LogP contribution in [-0.2, 0) is 14.3 Å². The number of Topliss-reactive ketones (excluding diaryl/α,β-unsaturated/α-hetero) is 1. The summed E-state index contributed by atoms with van der Waals surface area (Å²) in [6.07, 6.45) is 0. The Kier molecular flexibility index (Phi) is 7.66. The fraction of sp³-hybridized carbons (Fsp3) is 0.300. The van der Waals surface area contributed by atoms with Gasteiger partial charge in [0, 0.05) is 13.1 Å². The van der Waals surface area contributed by atoms with E-state index in [-0.39, 0.29) is 46.3 Å². The number of benzene rings is 1. The number of amides is 1. The van der Waals surface area contributed by atoms with Gasteiger partial charge < -0.3 is 19.2 Å². The van der Waals surface area contributed by atoms with Gasteiger partial charge in [-0.25, -0.2) is 9.59 Å². The number of nitro benzene ring substituents is 1. The second-order valence-electron chi connectivity index (χ2n) is 6.38. The molecule has 12 heteroatoms. The Hall–Kier alpha value is -4.22. The first-order valence-corrected chi connectivity index (χ1v) is 9.35. The highest BCUT2D eigenvalue weighted by Gasteiger charge is 2.29. The number of ketones is 1. The van der Waals surface area contributed by atoms with Gasteiger partial charge >= 0.3 is 11.9 Å². The molecule has 2 aromatic rings. The molecule has 170 valence electrons. The van der Waals surface area contributed by atoms with E-state index in [1.165, 1.54) is 33.0 Å². The molecule has 0 atom stereocenters. The number of hydrogen-bond donors (Lipinski definition) is 2. The summed E-state index contributed by atoms with van der Waals surface area (Å²) in [6, 6.07) is 3.64. The number of hydrogen-bond acceptors (Lipinski definition) is 10. The van der Waals surface area contributed by atoms with Crippen molar-refractivity contribution in [3.8, 4) is 0 Å². The first-order chi connectivity index (χ1) is 15.1. The summed E-state index contributed by atoms with van der Waals surface area (Å²) in [7, 11) is 1.49. The zero-order valence-electron chi connectivity index (χ0n) is 17.8. The predicted octanol–water partition coefficient (Wildman–Crippen LogP) is 2.71. The molecule has 0 unspecified atom stereocenters. The highest BCUT2D eigenvalue weighted by Crippen LogP contribution is 2.29. The highest BCUT2D eigenvalue weighted by atomic mass is 16.6. The standard InChI is InChI=1S/C20H21N3O9/c1-5-30-20(27)17-16(10(2)24)11(3)32-18(17)22-15(25)9-31-19(26)12-6-7-13(21-4)14(8-12)23(28)29/h6-8,21H,5,9H2,1-4H3,(H,22,25). The molecule has 0 saturated heterocycles. The molecule has 0 aliphatic carbocycles. The first kappa shape index (κ1) is 24.1. The van der Waals surface area contributed by atoms with E-state index >= 15 is 0 Å². The number of ether oxygens (including phenoxy) is 2. The Morgan fingerprint density at radius 3 is 2.38 bits per heavy atom. The second-order valence-corrected chi connectivity index (χ2v) is 6.38. The highest BCUT2D eigenvalue weighted by molar-refractivity contribution is 6.10. The van der Waals surface area contributed by atoms with Gasteiger partial charge in [-0.15, -0.1) is 0 Å². The normalized spacial score (nSPS) is 10.2. The van der Waals surface area contributed by atoms with E-state index in [9.17, 15) is 29.3 Å². The molecular formula is C20H21N3O9. The van der Waals surface area contributed by atoms with Crippen molar-refractivity contribution in [1.29, 1.82) is 0 Å². The van der Waals surface area contributed by atoms with Gasteiger partial charge in [0.15, 0.2) is 12.4 Å². The number of nitrogens with zero attached hydrogens (tertiary/aromatic N) is 1. The van der Waals surface area contributed by atoms with Crippen LogP contribution in [0, 0.1) is 17.0 Å². The molecule has 2 rings (SSSR count). The molecule has 2 N–H and O–H groups in total. The maximum Gasteiger partial charge on any atom is 0.344 e. The summed E-state index contributed by atoms with van der Waals surface area (Å²) in [5.41, 5.74) is -0.551. The number of esters is 2. The lowest BCUT2D eigenvalue weighted by Crippen LogP contribution is -2.22. The number of carbonyl (C=O) groups excluding carboxylic acids is 4. The Morgan fingerprint density at radius 1 is 1.12 bits per heavy atom. The molecule has 0 saturated carbocycles. The molecule has 0 fully saturated rings. The quantitative estimate of drug-likeness (QED) is 0.252. The second kappa shape index (κ2) is 10.2. The average molecular weight is 447 g/mol. The van der Waals surface area contributed by atoms with Gasteiger partial charge in [0.2, 0.25) is 5.88 Å². The van der Waals surface area contributed by atoms with E-state index in [4.69, 9.17) is 13.9 Å². The van der Waals surface area contributed by atoms with Crippen LogP contribution in [0.2, 0.25) is 0 Å². The van der Waals surface area contributed by atoms with Crippen molar-refractivity contribution in [1.82, 2.24) is 0 Å². The third kappa shape index (κ3) is 5.28. The summed E-state index contributed by atoms with van der Waals surface area (Å²) in [5, 5.41) is 16.0. The number of anilines is 2. The molecule has 0 aliphatic rings. The lowest BCUT2D eigenvalue weighted by Gasteiger charge is -2.08. The summed E-state index contributed by atoms with van der Waals surface area (Å²) in [4.78, 5) is 59.0. The van der Waals surface area contributed by atoms with Crippen molar-refractivity contribution in [3.05, 3.63) is 50.8 Å². The van der Waals surface area contributed by atoms with Crippen LogP contribution in [0.5, 0.6) is 0 Å². The van der Waals surface area contributed by atoms with Gasteiger partial charge in [-0.2, -0.15) is 0 Å². The molecule has 1 aromatic carbocycles. The zero-order valence-corrected chi connectivity index (χ0v) is 17.8. The van der Waals surface area contributed by atoms with Gasteiger partial charge in [0.1, 0.15) is 17.0 Å². The van der Waals surface area contributed by atoms with E-state index in [0.717, 1.165) is 6.07 Å². The minimum atomic E-state index is -0.975. The van der Waals surface area contributed by atoms with E-state index in [2.05, 4.69) is 10.6 Å². The molecule has 1 amide bonds. The van der Waals surface area contributed by atoms with E-state index < -0.39 is 35.2 Å². The van der Waals surface area contributed by atoms with Crippen LogP contribution < -0.4 is 10.6 Å². The van der Waals surface area contributed by atoms with Gasteiger partial charge in [-0.1, -0.05) is 0 Å². The summed E-state index contributed by atoms with van der Waals surface area (Å²) >= 11 is 0. The van der Waals surface area contributed by atoms with Gasteiger partial charge in [0.05, 0.1) is 22.7 Å². The molecule has 0 spiro atoms. The third-order valence-corrected chi connectivity index (χ3v) is 4.20. The minimum Gasteiger partial charge on any atom is -0.462 e. The number of furan rings is 1. The van der Waals surface area contributed by atoms with Crippen LogP contribution in [-0.4, -0.2) is 48.8 Å². The maximum atomic E-state index is 12.2. The minimum absolute atomic E-state index is 0.0316. The molecule has 32 heavy (non-hydrogen) atoms. The van der Waals surface area contributed by atoms with Crippen molar-refractivity contribution < 1.29 is 38.0 Å². The van der Waals surface area contributed by atoms with Crippen molar-refractivity contribution in [3.63, 3.8) is 0 Å². The molecule has 0 aliphatic heterocycles. The molecular weight excluding hydrogens is 426 g/mol. The summed E-state index contributed by atoms with van der Waals surface area (Å²) in [6.45, 7) is 3.49. The lowest BCUT2D eigenvalue weighted by atomic mass is 10.1. The van der Waals surface area contributed by atoms with Crippen LogP contribution in [0.15, 0.2) is 22.6 Å². The number of nitrogens with one attached hydrogen (secondary N) is 2. The Balaban J connectivity index is 2.15. The Morgan fingerprint density at radius 2 is 1.81 bits per heavy atom. The zero-order chi connectivity index (χ0) is 24.0. The lowest BCUT2D eigenvalue weighted by molar-refractivity contribution is -0.384. The molecule has 0 bridgehead atoms. The maximum absolute atomic E-state index is 12.2. The fourth-order valence-corrected chi connectivity index (χ4v) is 2.85. The van der Waals surface area contributed by atoms with Gasteiger partial charge in [-0.05, 0) is 32.9 Å². The van der Waals surface area contributed by atoms with Crippen LogP contribution in [0.3, 0.4) is 0 Å². The Bertz CT molecular complexity index is 1090. The van der Waals surface area contributed by atoms with E-state index in [1.54, 1.807) is 6.92 Å². The van der Waals surface area contributed by atoms with Crippen molar-refractivity contribution >= 4 is 40.9 Å². The third-order valence-electron chi connectivity index (χ3n) is 4.20. The van der Waals surface area contributed by atoms with Crippen LogP contribution in [0.4, 0.5) is 17.3 Å². The molecule has 12 nitrogen and oxygen atoms in total. The van der Waals surface area contributed by atoms with Crippen LogP contribution in [0.1, 0.15) is 50.7 Å². The molecule has 1 aromatic heterocycles.